The Morgan fingerprint density at radius 2 is 2.04 bits per heavy atom. The fourth-order valence-electron chi connectivity index (χ4n) is 2.36. The molecule has 0 radical (unpaired) electrons. The van der Waals surface area contributed by atoms with E-state index in [1.54, 1.807) is 6.07 Å². The Morgan fingerprint density at radius 3 is 2.79 bits per heavy atom. The maximum atomic E-state index is 12.3. The Morgan fingerprint density at radius 1 is 1.25 bits per heavy atom. The van der Waals surface area contributed by atoms with Crippen LogP contribution in [0.25, 0.3) is 0 Å². The Balaban J connectivity index is 1.68. The van der Waals surface area contributed by atoms with Gasteiger partial charge in [0.15, 0.2) is 11.5 Å². The van der Waals surface area contributed by atoms with Crippen molar-refractivity contribution >= 4 is 27.5 Å². The molecular weight excluding hydrogens is 372 g/mol. The van der Waals surface area contributed by atoms with E-state index in [1.165, 1.54) is 0 Å². The molecule has 0 aromatic heterocycles. The van der Waals surface area contributed by atoms with Gasteiger partial charge in [0.1, 0.15) is 6.61 Å². The summed E-state index contributed by atoms with van der Waals surface area (Å²) < 4.78 is 12.2. The second-order valence-corrected chi connectivity index (χ2v) is 6.18. The van der Waals surface area contributed by atoms with Gasteiger partial charge in [-0.1, -0.05) is 47.1 Å². The molecule has 0 bridgehead atoms. The molecule has 6 heteroatoms. The fourth-order valence-corrected chi connectivity index (χ4v) is 2.76. The standard InChI is InChI=1S/C18H17BrN2O3/c1-2-14(12-6-5-7-13(19)10-12)20-21-18(22)17-11-23-15-8-3-4-9-16(15)24-17/h3-10,17H,2,11H2,1H3,(H,21,22)/b20-14-/t17-/m1/s1. The predicted octanol–water partition coefficient (Wildman–Crippen LogP) is 3.52. The van der Waals surface area contributed by atoms with Crippen LogP contribution in [-0.4, -0.2) is 24.3 Å². The van der Waals surface area contributed by atoms with Crippen LogP contribution in [0.4, 0.5) is 0 Å². The van der Waals surface area contributed by atoms with Crippen molar-refractivity contribution in [2.24, 2.45) is 5.10 Å². The van der Waals surface area contributed by atoms with Crippen LogP contribution in [0.1, 0.15) is 18.9 Å². The van der Waals surface area contributed by atoms with E-state index >= 15 is 0 Å². The third-order valence-corrected chi connectivity index (χ3v) is 4.09. The van der Waals surface area contributed by atoms with Gasteiger partial charge in [-0.3, -0.25) is 4.79 Å². The van der Waals surface area contributed by atoms with Gasteiger partial charge in [0.05, 0.1) is 5.71 Å². The highest BCUT2D eigenvalue weighted by atomic mass is 79.9. The number of nitrogens with one attached hydrogen (secondary N) is 1. The third-order valence-electron chi connectivity index (χ3n) is 3.59. The van der Waals surface area contributed by atoms with Crippen molar-refractivity contribution in [3.8, 4) is 11.5 Å². The van der Waals surface area contributed by atoms with Crippen LogP contribution in [0.2, 0.25) is 0 Å². The number of halogens is 1. The lowest BCUT2D eigenvalue weighted by Gasteiger charge is -2.24. The van der Waals surface area contributed by atoms with Crippen LogP contribution in [0.15, 0.2) is 58.1 Å². The summed E-state index contributed by atoms with van der Waals surface area (Å²) in [5.74, 6) is 0.884. The van der Waals surface area contributed by atoms with E-state index in [-0.39, 0.29) is 12.5 Å². The van der Waals surface area contributed by atoms with E-state index in [2.05, 4.69) is 26.5 Å². The molecule has 1 aliphatic heterocycles. The largest absolute Gasteiger partial charge is 0.485 e. The molecule has 1 aliphatic rings. The maximum Gasteiger partial charge on any atom is 0.284 e. The van der Waals surface area contributed by atoms with Gasteiger partial charge in [-0.25, -0.2) is 5.43 Å². The van der Waals surface area contributed by atoms with Gasteiger partial charge in [-0.05, 0) is 36.2 Å². The van der Waals surface area contributed by atoms with E-state index in [9.17, 15) is 4.79 Å². The average molecular weight is 389 g/mol. The Kier molecular flexibility index (Phi) is 5.15. The first kappa shape index (κ1) is 16.5. The Bertz CT molecular complexity index is 776. The van der Waals surface area contributed by atoms with E-state index in [1.807, 2.05) is 49.4 Å². The number of carbonyl (C=O) groups is 1. The second-order valence-electron chi connectivity index (χ2n) is 5.26. The van der Waals surface area contributed by atoms with Crippen LogP contribution in [0, 0.1) is 0 Å². The van der Waals surface area contributed by atoms with Gasteiger partial charge < -0.3 is 9.47 Å². The minimum absolute atomic E-state index is 0.163. The van der Waals surface area contributed by atoms with Crippen molar-refractivity contribution in [1.29, 1.82) is 0 Å². The summed E-state index contributed by atoms with van der Waals surface area (Å²) in [6, 6.07) is 15.1. The first-order chi connectivity index (χ1) is 11.7. The number of carbonyl (C=O) groups excluding carboxylic acids is 1. The minimum atomic E-state index is -0.718. The SMILES string of the molecule is CC/C(=N/NC(=O)[C@H]1COc2ccccc2O1)c1cccc(Br)c1. The number of para-hydroxylation sites is 2. The molecule has 5 nitrogen and oxygen atoms in total. The number of nitrogens with zero attached hydrogens (tertiary/aromatic N) is 1. The monoisotopic (exact) mass is 388 g/mol. The lowest BCUT2D eigenvalue weighted by atomic mass is 10.1. The highest BCUT2D eigenvalue weighted by molar-refractivity contribution is 9.10. The van der Waals surface area contributed by atoms with Crippen LogP contribution in [0.5, 0.6) is 11.5 Å². The van der Waals surface area contributed by atoms with E-state index < -0.39 is 6.10 Å². The molecule has 3 rings (SSSR count). The van der Waals surface area contributed by atoms with E-state index in [4.69, 9.17) is 9.47 Å². The molecule has 0 saturated heterocycles. The molecule has 1 heterocycles. The number of hydrazone groups is 1. The van der Waals surface area contributed by atoms with Crippen LogP contribution in [0.3, 0.4) is 0 Å². The number of hydrogen-bond acceptors (Lipinski definition) is 4. The number of fused-ring (bicyclic) bond motifs is 1. The summed E-state index contributed by atoms with van der Waals surface area (Å²) in [7, 11) is 0. The molecular formula is C18H17BrN2O3. The highest BCUT2D eigenvalue weighted by Gasteiger charge is 2.27. The summed E-state index contributed by atoms with van der Waals surface area (Å²) in [4.78, 5) is 12.3. The molecule has 0 unspecified atom stereocenters. The number of rotatable bonds is 4. The topological polar surface area (TPSA) is 59.9 Å². The van der Waals surface area contributed by atoms with Gasteiger partial charge in [0.25, 0.3) is 5.91 Å². The van der Waals surface area contributed by atoms with Gasteiger partial charge in [-0.15, -0.1) is 0 Å². The molecule has 24 heavy (non-hydrogen) atoms. The molecule has 0 aliphatic carbocycles. The Labute approximate surface area is 148 Å². The molecule has 124 valence electrons. The van der Waals surface area contributed by atoms with Gasteiger partial charge in [0.2, 0.25) is 6.10 Å². The predicted molar refractivity (Wildman–Crippen MR) is 95.5 cm³/mol. The lowest BCUT2D eigenvalue weighted by Crippen LogP contribution is -2.42. The molecule has 1 amide bonds. The number of benzene rings is 2. The zero-order valence-electron chi connectivity index (χ0n) is 13.2. The summed E-state index contributed by atoms with van der Waals surface area (Å²) in [5, 5.41) is 4.25. The summed E-state index contributed by atoms with van der Waals surface area (Å²) in [5.41, 5.74) is 4.33. The van der Waals surface area contributed by atoms with Crippen molar-refractivity contribution in [3.05, 3.63) is 58.6 Å². The van der Waals surface area contributed by atoms with Crippen molar-refractivity contribution in [1.82, 2.24) is 5.43 Å². The number of hydrogen-bond donors (Lipinski definition) is 1. The smallest absolute Gasteiger partial charge is 0.284 e. The molecule has 0 fully saturated rings. The minimum Gasteiger partial charge on any atom is -0.485 e. The normalized spacial score (nSPS) is 16.6. The van der Waals surface area contributed by atoms with E-state index in [0.29, 0.717) is 17.9 Å². The van der Waals surface area contributed by atoms with E-state index in [0.717, 1.165) is 15.7 Å². The summed E-state index contributed by atoms with van der Waals surface area (Å²) in [6.07, 6.45) is -0.0223. The molecule has 0 spiro atoms. The van der Waals surface area contributed by atoms with Gasteiger partial charge in [0, 0.05) is 4.47 Å². The Hall–Kier alpha value is -2.34. The molecule has 2 aromatic rings. The third kappa shape index (κ3) is 3.76. The lowest BCUT2D eigenvalue weighted by molar-refractivity contribution is -0.130. The highest BCUT2D eigenvalue weighted by Crippen LogP contribution is 2.30. The van der Waals surface area contributed by atoms with Gasteiger partial charge in [-0.2, -0.15) is 5.10 Å². The fraction of sp³-hybridized carbons (Fsp3) is 0.222. The molecule has 1 atom stereocenters. The first-order valence-electron chi connectivity index (χ1n) is 7.68. The van der Waals surface area contributed by atoms with Crippen LogP contribution in [-0.2, 0) is 4.79 Å². The second kappa shape index (κ2) is 7.49. The van der Waals surface area contributed by atoms with Crippen LogP contribution >= 0.6 is 15.9 Å². The quantitative estimate of drug-likeness (QED) is 0.643. The summed E-state index contributed by atoms with van der Waals surface area (Å²) in [6.45, 7) is 2.15. The van der Waals surface area contributed by atoms with Crippen molar-refractivity contribution in [2.75, 3.05) is 6.61 Å². The van der Waals surface area contributed by atoms with Crippen molar-refractivity contribution < 1.29 is 14.3 Å². The first-order valence-corrected chi connectivity index (χ1v) is 8.47. The molecule has 0 saturated carbocycles. The van der Waals surface area contributed by atoms with Crippen molar-refractivity contribution in [3.63, 3.8) is 0 Å². The maximum absolute atomic E-state index is 12.3. The zero-order chi connectivity index (χ0) is 16.9. The molecule has 2 aromatic carbocycles. The van der Waals surface area contributed by atoms with Gasteiger partial charge >= 0.3 is 0 Å². The van der Waals surface area contributed by atoms with Crippen molar-refractivity contribution in [2.45, 2.75) is 19.4 Å². The molecule has 1 N–H and O–H groups in total. The average Bonchev–Trinajstić information content (AvgIpc) is 2.61. The van der Waals surface area contributed by atoms with Crippen LogP contribution < -0.4 is 14.9 Å². The zero-order valence-corrected chi connectivity index (χ0v) is 14.7. The number of amides is 1. The summed E-state index contributed by atoms with van der Waals surface area (Å²) >= 11 is 3.44. The number of ether oxygens (including phenoxy) is 2.